The number of hydrogen-bond donors (Lipinski definition) is 0. The summed E-state index contributed by atoms with van der Waals surface area (Å²) in [5.74, 6) is 0.685. The fourth-order valence-corrected chi connectivity index (χ4v) is 10.6. The minimum absolute atomic E-state index is 0. The number of nitrogens with zero attached hydrogens (tertiary/aromatic N) is 5. The zero-order valence-corrected chi connectivity index (χ0v) is 28.8. The maximum atomic E-state index is 14.1. The Morgan fingerprint density at radius 3 is 1.81 bits per heavy atom. The molecule has 43 heavy (non-hydrogen) atoms. The van der Waals surface area contributed by atoms with E-state index in [9.17, 15) is 16.8 Å². The van der Waals surface area contributed by atoms with Gasteiger partial charge < -0.3 is 9.80 Å². The van der Waals surface area contributed by atoms with Crippen molar-refractivity contribution < 1.29 is 16.8 Å². The quantitative estimate of drug-likeness (QED) is 0.424. The van der Waals surface area contributed by atoms with Gasteiger partial charge in [0, 0.05) is 65.6 Å². The lowest BCUT2D eigenvalue weighted by atomic mass is 9.89. The van der Waals surface area contributed by atoms with Gasteiger partial charge in [0.2, 0.25) is 10.0 Å². The summed E-state index contributed by atoms with van der Waals surface area (Å²) in [6.45, 7) is 5.63. The first-order valence-electron chi connectivity index (χ1n) is 16.3. The van der Waals surface area contributed by atoms with E-state index in [1.54, 1.807) is 25.0 Å². The van der Waals surface area contributed by atoms with Gasteiger partial charge in [-0.1, -0.05) is 25.7 Å². The first-order chi connectivity index (χ1) is 20.1. The summed E-state index contributed by atoms with van der Waals surface area (Å²) in [5.41, 5.74) is 0.638. The Hall–Kier alpha value is -0.950. The largest absolute Gasteiger partial charge is 0.378 e. The molecule has 4 fully saturated rings. The first kappa shape index (κ1) is 34.9. The van der Waals surface area contributed by atoms with Crippen LogP contribution in [0.4, 0.5) is 5.69 Å². The molecule has 0 atom stereocenters. The number of piperidine rings is 1. The van der Waals surface area contributed by atoms with Crippen molar-refractivity contribution >= 4 is 38.3 Å². The summed E-state index contributed by atoms with van der Waals surface area (Å²) >= 11 is 0. The lowest BCUT2D eigenvalue weighted by molar-refractivity contribution is 0.174. The van der Waals surface area contributed by atoms with Crippen LogP contribution in [0.15, 0.2) is 29.2 Å². The van der Waals surface area contributed by atoms with Crippen molar-refractivity contribution in [2.45, 2.75) is 81.9 Å². The van der Waals surface area contributed by atoms with Crippen molar-refractivity contribution in [3.8, 4) is 0 Å². The monoisotopic (exact) mass is 659 g/mol. The van der Waals surface area contributed by atoms with Gasteiger partial charge in [0.15, 0.2) is 0 Å². The zero-order valence-electron chi connectivity index (χ0n) is 26.3. The van der Waals surface area contributed by atoms with E-state index in [2.05, 4.69) is 4.90 Å². The molecule has 9 nitrogen and oxygen atoms in total. The highest BCUT2D eigenvalue weighted by atomic mass is 35.5. The van der Waals surface area contributed by atoms with Crippen molar-refractivity contribution in [1.29, 1.82) is 0 Å². The predicted molar refractivity (Wildman–Crippen MR) is 177 cm³/mol. The van der Waals surface area contributed by atoms with E-state index in [1.165, 1.54) is 32.1 Å². The Labute approximate surface area is 267 Å². The van der Waals surface area contributed by atoms with E-state index in [4.69, 9.17) is 0 Å². The molecule has 2 aliphatic carbocycles. The summed E-state index contributed by atoms with van der Waals surface area (Å²) in [6.07, 6.45) is 12.6. The zero-order chi connectivity index (χ0) is 29.8. The van der Waals surface area contributed by atoms with E-state index >= 15 is 0 Å². The summed E-state index contributed by atoms with van der Waals surface area (Å²) < 4.78 is 61.2. The van der Waals surface area contributed by atoms with Crippen molar-refractivity contribution in [1.82, 2.24) is 17.8 Å². The second-order valence-electron chi connectivity index (χ2n) is 13.5. The van der Waals surface area contributed by atoms with Crippen LogP contribution in [0, 0.1) is 11.3 Å². The third kappa shape index (κ3) is 8.86. The highest BCUT2D eigenvalue weighted by molar-refractivity contribution is 7.89. The van der Waals surface area contributed by atoms with Gasteiger partial charge in [0.25, 0.3) is 10.2 Å². The van der Waals surface area contributed by atoms with Gasteiger partial charge in [-0.05, 0) is 100 Å². The number of hydrogen-bond acceptors (Lipinski definition) is 6. The van der Waals surface area contributed by atoms with Gasteiger partial charge in [-0.2, -0.15) is 21.3 Å². The van der Waals surface area contributed by atoms with Crippen LogP contribution < -0.4 is 4.90 Å². The van der Waals surface area contributed by atoms with Crippen molar-refractivity contribution in [3.63, 3.8) is 0 Å². The second kappa shape index (κ2) is 15.1. The maximum Gasteiger partial charge on any atom is 0.281 e. The Morgan fingerprint density at radius 1 is 0.698 bits per heavy atom. The average Bonchev–Trinajstić information content (AvgIpc) is 3.75. The molecule has 1 spiro atoms. The third-order valence-electron chi connectivity index (χ3n) is 9.94. The van der Waals surface area contributed by atoms with Gasteiger partial charge in [0.1, 0.15) is 0 Å². The summed E-state index contributed by atoms with van der Waals surface area (Å²) in [5, 5.41) is 0. The van der Waals surface area contributed by atoms with Crippen molar-refractivity contribution in [2.24, 2.45) is 11.3 Å². The Morgan fingerprint density at radius 2 is 1.23 bits per heavy atom. The summed E-state index contributed by atoms with van der Waals surface area (Å²) in [4.78, 5) is 4.77. The predicted octanol–water partition coefficient (Wildman–Crippen LogP) is 4.65. The molecule has 2 saturated heterocycles. The number of sulfonamides is 1. The van der Waals surface area contributed by atoms with Crippen LogP contribution >= 0.6 is 12.4 Å². The SMILES string of the molecule is CN(C)c1ccc(S(=O)(=O)N2CCCN(CC3CCCCC3)CCCN(S(=O)(=O)N3CCCCC3)CC3(CC3)C2)cc1.Cl. The van der Waals surface area contributed by atoms with E-state index < -0.39 is 20.2 Å². The Bertz CT molecular complexity index is 1230. The summed E-state index contributed by atoms with van der Waals surface area (Å²) in [6, 6.07) is 7.13. The lowest BCUT2D eigenvalue weighted by Crippen LogP contribution is -2.50. The molecule has 0 aromatic heterocycles. The number of rotatable bonds is 7. The van der Waals surface area contributed by atoms with Gasteiger partial charge >= 0.3 is 0 Å². The van der Waals surface area contributed by atoms with Gasteiger partial charge in [-0.15, -0.1) is 12.4 Å². The molecular weight excluding hydrogens is 606 g/mol. The van der Waals surface area contributed by atoms with E-state index in [1.807, 2.05) is 31.1 Å². The topological polar surface area (TPSA) is 84.5 Å². The molecule has 2 aliphatic heterocycles. The minimum atomic E-state index is -3.72. The molecule has 0 amide bonds. The molecule has 1 aromatic carbocycles. The Balaban J connectivity index is 0.00000423. The molecule has 2 heterocycles. The minimum Gasteiger partial charge on any atom is -0.378 e. The number of anilines is 1. The number of benzene rings is 1. The molecule has 0 N–H and O–H groups in total. The van der Waals surface area contributed by atoms with Crippen LogP contribution in [0.5, 0.6) is 0 Å². The van der Waals surface area contributed by atoms with Crippen LogP contribution in [0.2, 0.25) is 0 Å². The van der Waals surface area contributed by atoms with Gasteiger partial charge in [-0.3, -0.25) is 0 Å². The van der Waals surface area contributed by atoms with Gasteiger partial charge in [0.05, 0.1) is 4.90 Å². The molecule has 246 valence electrons. The van der Waals surface area contributed by atoms with Crippen LogP contribution in [0.1, 0.15) is 77.0 Å². The average molecular weight is 660 g/mol. The lowest BCUT2D eigenvalue weighted by Gasteiger charge is -2.37. The molecule has 5 rings (SSSR count). The highest BCUT2D eigenvalue weighted by Gasteiger charge is 2.49. The van der Waals surface area contributed by atoms with Crippen molar-refractivity contribution in [2.75, 3.05) is 77.9 Å². The van der Waals surface area contributed by atoms with Crippen LogP contribution in [0.3, 0.4) is 0 Å². The van der Waals surface area contributed by atoms with E-state index in [-0.39, 0.29) is 17.8 Å². The molecule has 0 radical (unpaired) electrons. The maximum absolute atomic E-state index is 14.1. The van der Waals surface area contributed by atoms with E-state index in [0.29, 0.717) is 50.1 Å². The molecule has 2 saturated carbocycles. The number of halogens is 1. The molecular formula is C31H54ClN5O4S2. The molecule has 12 heteroatoms. The Kier molecular flexibility index (Phi) is 12.3. The fraction of sp³-hybridized carbons (Fsp3) is 0.806. The third-order valence-corrected chi connectivity index (χ3v) is 13.8. The molecule has 0 unspecified atom stereocenters. The fourth-order valence-electron chi connectivity index (χ4n) is 7.15. The summed E-state index contributed by atoms with van der Waals surface area (Å²) in [7, 11) is -3.43. The highest BCUT2D eigenvalue weighted by Crippen LogP contribution is 2.48. The normalized spacial score (nSPS) is 24.5. The van der Waals surface area contributed by atoms with Crippen LogP contribution in [-0.4, -0.2) is 108 Å². The first-order valence-corrected chi connectivity index (χ1v) is 19.2. The van der Waals surface area contributed by atoms with Crippen LogP contribution in [0.25, 0.3) is 0 Å². The standard InChI is InChI=1S/C31H53N5O4S2.ClH/c1-32(2)29-13-15-30(16-14-29)41(37,38)35-23-9-19-33(25-28-11-5-3-6-12-28)20-10-24-36(27-31(26-35)17-18-31)42(39,40)34-21-7-4-8-22-34;/h13-16,28H,3-12,17-27H2,1-2H3;1H. The molecule has 4 aliphatic rings. The van der Waals surface area contributed by atoms with E-state index in [0.717, 1.165) is 70.3 Å². The smallest absolute Gasteiger partial charge is 0.281 e. The van der Waals surface area contributed by atoms with Crippen LogP contribution in [-0.2, 0) is 20.2 Å². The second-order valence-corrected chi connectivity index (χ2v) is 17.4. The van der Waals surface area contributed by atoms with Crippen molar-refractivity contribution in [3.05, 3.63) is 24.3 Å². The molecule has 1 aromatic rings. The van der Waals surface area contributed by atoms with Gasteiger partial charge in [-0.25, -0.2) is 8.42 Å². The molecule has 0 bridgehead atoms.